The number of nitrogens with one attached hydrogen (secondary N) is 2. The molecule has 1 aliphatic rings. The van der Waals surface area contributed by atoms with E-state index in [1.165, 1.54) is 25.7 Å². The van der Waals surface area contributed by atoms with Crippen LogP contribution >= 0.6 is 28.1 Å². The van der Waals surface area contributed by atoms with Gasteiger partial charge in [-0.2, -0.15) is 5.26 Å². The monoisotopic (exact) mass is 323 g/mol. The maximum atomic E-state index is 8.80. The molecule has 0 atom stereocenters. The molecule has 0 aliphatic heterocycles. The highest BCUT2D eigenvalue weighted by Gasteiger charge is 2.15. The van der Waals surface area contributed by atoms with Crippen molar-refractivity contribution in [1.82, 2.24) is 5.32 Å². The third kappa shape index (κ3) is 3.44. The van der Waals surface area contributed by atoms with Crippen molar-refractivity contribution in [3.8, 4) is 6.07 Å². The van der Waals surface area contributed by atoms with Crippen molar-refractivity contribution in [1.29, 1.82) is 5.26 Å². The van der Waals surface area contributed by atoms with Gasteiger partial charge in [0.05, 0.1) is 17.3 Å². The summed E-state index contributed by atoms with van der Waals surface area (Å²) in [6, 6.07) is 8.00. The lowest BCUT2D eigenvalue weighted by atomic mass is 10.2. The van der Waals surface area contributed by atoms with E-state index in [-0.39, 0.29) is 0 Å². The summed E-state index contributed by atoms with van der Waals surface area (Å²) < 4.78 is 0.845. The van der Waals surface area contributed by atoms with Gasteiger partial charge < -0.3 is 10.6 Å². The highest BCUT2D eigenvalue weighted by molar-refractivity contribution is 9.10. The van der Waals surface area contributed by atoms with Crippen molar-refractivity contribution in [2.75, 3.05) is 5.32 Å². The van der Waals surface area contributed by atoms with Crippen LogP contribution in [0, 0.1) is 11.3 Å². The summed E-state index contributed by atoms with van der Waals surface area (Å²) in [5.41, 5.74) is 1.51. The van der Waals surface area contributed by atoms with Crippen molar-refractivity contribution >= 4 is 38.9 Å². The van der Waals surface area contributed by atoms with Crippen LogP contribution < -0.4 is 10.6 Å². The molecule has 1 aliphatic carbocycles. The summed E-state index contributed by atoms with van der Waals surface area (Å²) in [6.07, 6.45) is 4.94. The Labute approximate surface area is 121 Å². The zero-order valence-corrected chi connectivity index (χ0v) is 12.3. The van der Waals surface area contributed by atoms with Gasteiger partial charge in [0.15, 0.2) is 5.11 Å². The Morgan fingerprint density at radius 1 is 1.39 bits per heavy atom. The van der Waals surface area contributed by atoms with Gasteiger partial charge in [-0.3, -0.25) is 0 Å². The summed E-state index contributed by atoms with van der Waals surface area (Å²) in [5, 5.41) is 15.9. The number of nitrogens with zero attached hydrogens (tertiary/aromatic N) is 1. The molecule has 0 heterocycles. The standard InChI is InChI=1S/C13H14BrN3S/c14-11-7-9(8-15)5-6-12(11)17-13(18)16-10-3-1-2-4-10/h5-7,10H,1-4H2,(H2,16,17,18). The average molecular weight is 324 g/mol. The molecule has 0 amide bonds. The molecule has 1 saturated carbocycles. The molecule has 3 nitrogen and oxygen atoms in total. The second kappa shape index (κ2) is 6.17. The molecule has 18 heavy (non-hydrogen) atoms. The first-order chi connectivity index (χ1) is 8.69. The van der Waals surface area contributed by atoms with Crippen LogP contribution in [0.1, 0.15) is 31.2 Å². The fourth-order valence-corrected chi connectivity index (χ4v) is 2.85. The Balaban J connectivity index is 1.96. The van der Waals surface area contributed by atoms with E-state index in [0.717, 1.165) is 10.2 Å². The van der Waals surface area contributed by atoms with Crippen molar-refractivity contribution in [2.24, 2.45) is 0 Å². The van der Waals surface area contributed by atoms with E-state index in [2.05, 4.69) is 32.6 Å². The molecule has 1 aromatic carbocycles. The zero-order chi connectivity index (χ0) is 13.0. The van der Waals surface area contributed by atoms with Gasteiger partial charge in [-0.05, 0) is 59.2 Å². The average Bonchev–Trinajstić information content (AvgIpc) is 2.84. The molecular formula is C13H14BrN3S. The number of benzene rings is 1. The number of thiocarbonyl (C=S) groups is 1. The lowest BCUT2D eigenvalue weighted by Crippen LogP contribution is -2.35. The maximum Gasteiger partial charge on any atom is 0.171 e. The molecule has 0 spiro atoms. The van der Waals surface area contributed by atoms with Gasteiger partial charge in [0.2, 0.25) is 0 Å². The van der Waals surface area contributed by atoms with Crippen LogP contribution in [0.5, 0.6) is 0 Å². The van der Waals surface area contributed by atoms with E-state index >= 15 is 0 Å². The van der Waals surface area contributed by atoms with Gasteiger partial charge in [0, 0.05) is 10.5 Å². The third-order valence-electron chi connectivity index (χ3n) is 3.04. The molecule has 1 fully saturated rings. The van der Waals surface area contributed by atoms with Gasteiger partial charge in [0.25, 0.3) is 0 Å². The highest BCUT2D eigenvalue weighted by Crippen LogP contribution is 2.24. The Kier molecular flexibility index (Phi) is 4.56. The summed E-state index contributed by atoms with van der Waals surface area (Å²) >= 11 is 8.71. The molecule has 0 bridgehead atoms. The van der Waals surface area contributed by atoms with Crippen LogP contribution in [0.3, 0.4) is 0 Å². The minimum atomic E-state index is 0.502. The second-order valence-electron chi connectivity index (χ2n) is 4.39. The van der Waals surface area contributed by atoms with Crippen LogP contribution in [-0.4, -0.2) is 11.2 Å². The first kappa shape index (κ1) is 13.3. The van der Waals surface area contributed by atoms with Crippen LogP contribution in [-0.2, 0) is 0 Å². The summed E-state index contributed by atoms with van der Waals surface area (Å²) in [5.74, 6) is 0. The Morgan fingerprint density at radius 3 is 2.72 bits per heavy atom. The number of anilines is 1. The van der Waals surface area contributed by atoms with Crippen LogP contribution in [0.25, 0.3) is 0 Å². The topological polar surface area (TPSA) is 47.9 Å². The first-order valence-electron chi connectivity index (χ1n) is 5.96. The first-order valence-corrected chi connectivity index (χ1v) is 7.16. The van der Waals surface area contributed by atoms with E-state index in [0.29, 0.717) is 16.7 Å². The molecule has 5 heteroatoms. The Hall–Kier alpha value is -1.12. The van der Waals surface area contributed by atoms with Crippen molar-refractivity contribution in [3.63, 3.8) is 0 Å². The molecule has 94 valence electrons. The van der Waals surface area contributed by atoms with E-state index in [9.17, 15) is 0 Å². The second-order valence-corrected chi connectivity index (χ2v) is 5.65. The number of hydrogen-bond acceptors (Lipinski definition) is 2. The van der Waals surface area contributed by atoms with Gasteiger partial charge >= 0.3 is 0 Å². The van der Waals surface area contributed by atoms with E-state index < -0.39 is 0 Å². The van der Waals surface area contributed by atoms with Crippen molar-refractivity contribution < 1.29 is 0 Å². The van der Waals surface area contributed by atoms with Gasteiger partial charge in [-0.15, -0.1) is 0 Å². The molecule has 2 N–H and O–H groups in total. The number of rotatable bonds is 2. The van der Waals surface area contributed by atoms with Crippen LogP contribution in [0.4, 0.5) is 5.69 Å². The minimum absolute atomic E-state index is 0.502. The predicted molar refractivity (Wildman–Crippen MR) is 80.5 cm³/mol. The number of halogens is 1. The molecule has 0 saturated heterocycles. The highest BCUT2D eigenvalue weighted by atomic mass is 79.9. The SMILES string of the molecule is N#Cc1ccc(NC(=S)NC2CCCC2)c(Br)c1. The normalized spacial score (nSPS) is 15.1. The molecule has 0 radical (unpaired) electrons. The van der Waals surface area contributed by atoms with E-state index in [1.54, 1.807) is 12.1 Å². The van der Waals surface area contributed by atoms with Gasteiger partial charge in [-0.25, -0.2) is 0 Å². The van der Waals surface area contributed by atoms with E-state index in [1.807, 2.05) is 6.07 Å². The van der Waals surface area contributed by atoms with Crippen molar-refractivity contribution in [3.05, 3.63) is 28.2 Å². The number of nitriles is 1. The largest absolute Gasteiger partial charge is 0.360 e. The van der Waals surface area contributed by atoms with Crippen LogP contribution in [0.2, 0.25) is 0 Å². The smallest absolute Gasteiger partial charge is 0.171 e. The van der Waals surface area contributed by atoms with Gasteiger partial charge in [0.1, 0.15) is 0 Å². The fraction of sp³-hybridized carbons (Fsp3) is 0.385. The third-order valence-corrected chi connectivity index (χ3v) is 3.91. The Morgan fingerprint density at radius 2 is 2.11 bits per heavy atom. The molecule has 0 aromatic heterocycles. The molecular weight excluding hydrogens is 310 g/mol. The Bertz CT molecular complexity index is 489. The summed E-state index contributed by atoms with van der Waals surface area (Å²) in [6.45, 7) is 0. The molecule has 2 rings (SSSR count). The van der Waals surface area contributed by atoms with Crippen molar-refractivity contribution in [2.45, 2.75) is 31.7 Å². The number of hydrogen-bond donors (Lipinski definition) is 2. The maximum absolute atomic E-state index is 8.80. The van der Waals surface area contributed by atoms with Crippen LogP contribution in [0.15, 0.2) is 22.7 Å². The zero-order valence-electron chi connectivity index (χ0n) is 9.87. The predicted octanol–water partition coefficient (Wildman–Crippen LogP) is 3.55. The molecule has 1 aromatic rings. The quantitative estimate of drug-likeness (QED) is 0.817. The minimum Gasteiger partial charge on any atom is -0.360 e. The summed E-state index contributed by atoms with van der Waals surface area (Å²) in [7, 11) is 0. The summed E-state index contributed by atoms with van der Waals surface area (Å²) in [4.78, 5) is 0. The van der Waals surface area contributed by atoms with Gasteiger partial charge in [-0.1, -0.05) is 12.8 Å². The fourth-order valence-electron chi connectivity index (χ4n) is 2.10. The van der Waals surface area contributed by atoms with E-state index in [4.69, 9.17) is 17.5 Å². The lowest BCUT2D eigenvalue weighted by molar-refractivity contribution is 0.634. The lowest BCUT2D eigenvalue weighted by Gasteiger charge is -2.16. The molecule has 0 unspecified atom stereocenters.